The Hall–Kier alpha value is -3.47. The fourth-order valence-electron chi connectivity index (χ4n) is 3.46. The lowest BCUT2D eigenvalue weighted by atomic mass is 9.93. The van der Waals surface area contributed by atoms with Crippen molar-refractivity contribution in [3.8, 4) is 0 Å². The quantitative estimate of drug-likeness (QED) is 0.647. The molecule has 0 aliphatic heterocycles. The van der Waals surface area contributed by atoms with Crippen molar-refractivity contribution in [3.05, 3.63) is 92.7 Å². The van der Waals surface area contributed by atoms with Gasteiger partial charge in [-0.1, -0.05) is 43.3 Å². The molecule has 148 valence electrons. The van der Waals surface area contributed by atoms with Crippen molar-refractivity contribution >= 4 is 23.6 Å². The number of nitrogens with one attached hydrogen (secondary N) is 1. The van der Waals surface area contributed by atoms with Crippen molar-refractivity contribution in [2.45, 2.75) is 20.3 Å². The van der Waals surface area contributed by atoms with E-state index >= 15 is 0 Å². The maximum Gasteiger partial charge on any atom is 0.272 e. The smallest absolute Gasteiger partial charge is 0.272 e. The topological polar surface area (TPSA) is 66.1 Å². The Labute approximate surface area is 170 Å². The van der Waals surface area contributed by atoms with Crippen molar-refractivity contribution in [1.82, 2.24) is 9.97 Å². The summed E-state index contributed by atoms with van der Waals surface area (Å²) in [6, 6.07) is 11.3. The van der Waals surface area contributed by atoms with Crippen molar-refractivity contribution in [3.63, 3.8) is 0 Å². The molecule has 0 atom stereocenters. The summed E-state index contributed by atoms with van der Waals surface area (Å²) in [7, 11) is 3.56. The molecule has 0 aliphatic carbocycles. The summed E-state index contributed by atoms with van der Waals surface area (Å²) >= 11 is 0. The molecule has 0 saturated heterocycles. The van der Waals surface area contributed by atoms with E-state index in [1.165, 1.54) is 0 Å². The van der Waals surface area contributed by atoms with Crippen molar-refractivity contribution in [1.29, 1.82) is 0 Å². The number of ketones is 1. The highest BCUT2D eigenvalue weighted by atomic mass is 16.1. The molecule has 1 aromatic carbocycles. The molecule has 3 aromatic rings. The minimum absolute atomic E-state index is 0.142. The third-order valence-electron chi connectivity index (χ3n) is 4.84. The van der Waals surface area contributed by atoms with Crippen LogP contribution in [0.3, 0.4) is 0 Å². The zero-order valence-electron chi connectivity index (χ0n) is 17.2. The standard InChI is InChI=1S/C24H25N3O2/c1-5-20-16(2)26-24(29)22(27(3)4)21(20)23(28)19-10-6-8-17(14-19)11-12-18-9-7-13-25-15-18/h6-15H,5H2,1-4H3,(H,26,29)/b12-11-. The molecule has 0 unspecified atom stereocenters. The summed E-state index contributed by atoms with van der Waals surface area (Å²) < 4.78 is 0. The number of benzene rings is 1. The van der Waals surface area contributed by atoms with Crippen LogP contribution < -0.4 is 10.5 Å². The summed E-state index contributed by atoms with van der Waals surface area (Å²) in [6.45, 7) is 3.83. The van der Waals surface area contributed by atoms with Crippen LogP contribution in [0.4, 0.5) is 5.69 Å². The van der Waals surface area contributed by atoms with Gasteiger partial charge in [0.2, 0.25) is 0 Å². The predicted molar refractivity (Wildman–Crippen MR) is 119 cm³/mol. The first kappa shape index (κ1) is 20.3. The van der Waals surface area contributed by atoms with Gasteiger partial charge in [0.15, 0.2) is 5.78 Å². The second-order valence-corrected chi connectivity index (χ2v) is 7.10. The number of nitrogens with zero attached hydrogens (tertiary/aromatic N) is 2. The zero-order chi connectivity index (χ0) is 21.0. The molecule has 0 aliphatic rings. The van der Waals surface area contributed by atoms with Gasteiger partial charge in [0, 0.05) is 37.7 Å². The number of aromatic nitrogens is 2. The van der Waals surface area contributed by atoms with Crippen LogP contribution >= 0.6 is 0 Å². The van der Waals surface area contributed by atoms with E-state index in [4.69, 9.17) is 0 Å². The number of H-pyrrole nitrogens is 1. The molecule has 5 nitrogen and oxygen atoms in total. The highest BCUT2D eigenvalue weighted by Gasteiger charge is 2.23. The van der Waals surface area contributed by atoms with Gasteiger partial charge in [0.05, 0.1) is 5.56 Å². The van der Waals surface area contributed by atoms with E-state index in [0.717, 1.165) is 22.4 Å². The number of rotatable bonds is 6. The highest BCUT2D eigenvalue weighted by Crippen LogP contribution is 2.25. The molecule has 2 aromatic heterocycles. The van der Waals surface area contributed by atoms with Crippen LogP contribution in [-0.4, -0.2) is 29.8 Å². The van der Waals surface area contributed by atoms with Gasteiger partial charge in [-0.2, -0.15) is 0 Å². The molecule has 0 spiro atoms. The Balaban J connectivity index is 2.06. The number of carbonyl (C=O) groups excluding carboxylic acids is 1. The van der Waals surface area contributed by atoms with Crippen molar-refractivity contribution in [2.75, 3.05) is 19.0 Å². The van der Waals surface area contributed by atoms with Gasteiger partial charge in [-0.15, -0.1) is 0 Å². The van der Waals surface area contributed by atoms with E-state index in [1.54, 1.807) is 37.5 Å². The minimum atomic E-state index is -0.249. The third-order valence-corrected chi connectivity index (χ3v) is 4.84. The van der Waals surface area contributed by atoms with Crippen LogP contribution in [0.2, 0.25) is 0 Å². The number of hydrogen-bond donors (Lipinski definition) is 1. The summed E-state index contributed by atoms with van der Waals surface area (Å²) in [5, 5.41) is 0. The average Bonchev–Trinajstić information content (AvgIpc) is 2.72. The monoisotopic (exact) mass is 387 g/mol. The van der Waals surface area contributed by atoms with Gasteiger partial charge in [-0.3, -0.25) is 14.6 Å². The maximum absolute atomic E-state index is 13.5. The molecule has 0 fully saturated rings. The second kappa shape index (κ2) is 8.69. The zero-order valence-corrected chi connectivity index (χ0v) is 17.2. The molecular weight excluding hydrogens is 362 g/mol. The molecule has 5 heteroatoms. The van der Waals surface area contributed by atoms with E-state index < -0.39 is 0 Å². The van der Waals surface area contributed by atoms with Gasteiger partial charge in [-0.25, -0.2) is 0 Å². The van der Waals surface area contributed by atoms with Gasteiger partial charge >= 0.3 is 0 Å². The lowest BCUT2D eigenvalue weighted by Gasteiger charge is -2.20. The summed E-state index contributed by atoms with van der Waals surface area (Å²) in [5.74, 6) is -0.142. The summed E-state index contributed by atoms with van der Waals surface area (Å²) in [4.78, 5) is 34.7. The first-order chi connectivity index (χ1) is 13.9. The number of anilines is 1. The van der Waals surface area contributed by atoms with Gasteiger partial charge in [0.25, 0.3) is 5.56 Å². The van der Waals surface area contributed by atoms with Crippen LogP contribution in [0.25, 0.3) is 12.2 Å². The Bertz CT molecular complexity index is 1110. The Kier molecular flexibility index (Phi) is 6.07. The molecule has 0 bridgehead atoms. The maximum atomic E-state index is 13.5. The third kappa shape index (κ3) is 4.35. The lowest BCUT2D eigenvalue weighted by Crippen LogP contribution is -2.27. The fourth-order valence-corrected chi connectivity index (χ4v) is 3.46. The Morgan fingerprint density at radius 3 is 2.52 bits per heavy atom. The highest BCUT2D eigenvalue weighted by molar-refractivity contribution is 6.13. The first-order valence-electron chi connectivity index (χ1n) is 9.58. The molecule has 29 heavy (non-hydrogen) atoms. The van der Waals surface area contributed by atoms with Crippen LogP contribution in [-0.2, 0) is 6.42 Å². The van der Waals surface area contributed by atoms with Gasteiger partial charge in [-0.05, 0) is 42.2 Å². The Morgan fingerprint density at radius 2 is 1.86 bits per heavy atom. The van der Waals surface area contributed by atoms with E-state index in [9.17, 15) is 9.59 Å². The van der Waals surface area contributed by atoms with Gasteiger partial charge in [0.1, 0.15) is 5.69 Å². The van der Waals surface area contributed by atoms with Crippen molar-refractivity contribution in [2.24, 2.45) is 0 Å². The Morgan fingerprint density at radius 1 is 1.14 bits per heavy atom. The van der Waals surface area contributed by atoms with E-state index in [1.807, 2.05) is 56.3 Å². The van der Waals surface area contributed by atoms with E-state index in [0.29, 0.717) is 23.2 Å². The van der Waals surface area contributed by atoms with E-state index in [2.05, 4.69) is 9.97 Å². The predicted octanol–water partition coefficient (Wildman–Crippen LogP) is 4.11. The molecule has 3 rings (SSSR count). The van der Waals surface area contributed by atoms with Gasteiger partial charge < -0.3 is 9.88 Å². The second-order valence-electron chi connectivity index (χ2n) is 7.10. The minimum Gasteiger partial charge on any atom is -0.373 e. The molecule has 1 N–H and O–H groups in total. The number of hydrogen-bond acceptors (Lipinski definition) is 4. The fraction of sp³-hybridized carbons (Fsp3) is 0.208. The van der Waals surface area contributed by atoms with Crippen molar-refractivity contribution < 1.29 is 4.79 Å². The largest absolute Gasteiger partial charge is 0.373 e. The summed E-state index contributed by atoms with van der Waals surface area (Å²) in [5.41, 5.74) is 4.68. The average molecular weight is 387 g/mol. The normalized spacial score (nSPS) is 11.0. The SMILES string of the molecule is CCc1c(C)[nH]c(=O)c(N(C)C)c1C(=O)c1cccc(/C=C\c2cccnc2)c1. The van der Waals surface area contributed by atoms with Crippen LogP contribution in [0.15, 0.2) is 53.6 Å². The van der Waals surface area contributed by atoms with E-state index in [-0.39, 0.29) is 11.3 Å². The number of pyridine rings is 2. The molecule has 0 saturated carbocycles. The summed E-state index contributed by atoms with van der Waals surface area (Å²) in [6.07, 6.45) is 8.07. The number of carbonyl (C=O) groups is 1. The van der Waals surface area contributed by atoms with Crippen LogP contribution in [0, 0.1) is 6.92 Å². The molecule has 2 heterocycles. The number of aryl methyl sites for hydroxylation is 1. The lowest BCUT2D eigenvalue weighted by molar-refractivity contribution is 0.103. The number of aromatic amines is 1. The van der Waals surface area contributed by atoms with Crippen LogP contribution in [0.5, 0.6) is 0 Å². The molecule has 0 amide bonds. The first-order valence-corrected chi connectivity index (χ1v) is 9.58. The molecular formula is C24H25N3O2. The molecule has 0 radical (unpaired) electrons. The van der Waals surface area contributed by atoms with Crippen LogP contribution in [0.1, 0.15) is 45.2 Å².